The Balaban J connectivity index is 0.00000288. The maximum absolute atomic E-state index is 5.78. The molecule has 0 radical (unpaired) electrons. The SMILES string of the molecule is CN=C(NCCCCNc1ccccn1)NCC1(C)CCCO1.I. The summed E-state index contributed by atoms with van der Waals surface area (Å²) in [5.41, 5.74) is -0.0514. The number of unbranched alkanes of at least 4 members (excludes halogenated alkanes) is 1. The predicted octanol–water partition coefficient (Wildman–Crippen LogP) is 2.63. The molecule has 2 heterocycles. The molecular weight excluding hydrogens is 417 g/mol. The fraction of sp³-hybridized carbons (Fsp3) is 0.647. The van der Waals surface area contributed by atoms with Crippen molar-refractivity contribution in [1.29, 1.82) is 0 Å². The highest BCUT2D eigenvalue weighted by Crippen LogP contribution is 2.23. The zero-order valence-corrected chi connectivity index (χ0v) is 17.0. The average molecular weight is 447 g/mol. The molecule has 24 heavy (non-hydrogen) atoms. The van der Waals surface area contributed by atoms with Crippen LogP contribution in [0.4, 0.5) is 5.82 Å². The molecule has 0 amide bonds. The standard InChI is InChI=1S/C17H29N5O.HI/c1-17(9-7-13-23-17)14-22-16(18-2)21-12-6-5-11-20-15-8-3-4-10-19-15;/h3-4,8,10H,5-7,9,11-14H2,1-2H3,(H,19,20)(H2,18,21,22);1H. The number of anilines is 1. The molecular formula is C17H30IN5O. The maximum atomic E-state index is 5.78. The van der Waals surface area contributed by atoms with Gasteiger partial charge in [-0.05, 0) is 44.7 Å². The van der Waals surface area contributed by atoms with E-state index in [0.29, 0.717) is 0 Å². The predicted molar refractivity (Wildman–Crippen MR) is 110 cm³/mol. The third kappa shape index (κ3) is 7.65. The van der Waals surface area contributed by atoms with Crippen molar-refractivity contribution < 1.29 is 4.74 Å². The van der Waals surface area contributed by atoms with Gasteiger partial charge in [0, 0.05) is 39.5 Å². The summed E-state index contributed by atoms with van der Waals surface area (Å²) in [6, 6.07) is 5.89. The molecule has 0 aromatic carbocycles. The first-order valence-corrected chi connectivity index (χ1v) is 8.45. The van der Waals surface area contributed by atoms with Crippen LogP contribution in [0.3, 0.4) is 0 Å². The summed E-state index contributed by atoms with van der Waals surface area (Å²) < 4.78 is 5.78. The van der Waals surface area contributed by atoms with Crippen molar-refractivity contribution in [3.05, 3.63) is 24.4 Å². The Kier molecular flexibility index (Phi) is 10.0. The van der Waals surface area contributed by atoms with E-state index in [-0.39, 0.29) is 29.6 Å². The topological polar surface area (TPSA) is 70.6 Å². The van der Waals surface area contributed by atoms with Crippen molar-refractivity contribution in [2.45, 2.75) is 38.2 Å². The maximum Gasteiger partial charge on any atom is 0.191 e. The van der Waals surface area contributed by atoms with E-state index in [0.717, 1.165) is 63.7 Å². The Bertz CT molecular complexity index is 477. The highest BCUT2D eigenvalue weighted by molar-refractivity contribution is 14.0. The Labute approximate surface area is 162 Å². The van der Waals surface area contributed by atoms with Crippen molar-refractivity contribution >= 4 is 35.8 Å². The number of nitrogens with one attached hydrogen (secondary N) is 3. The number of guanidine groups is 1. The van der Waals surface area contributed by atoms with Crippen LogP contribution in [0.1, 0.15) is 32.6 Å². The highest BCUT2D eigenvalue weighted by atomic mass is 127. The van der Waals surface area contributed by atoms with Crippen LogP contribution in [0.2, 0.25) is 0 Å². The largest absolute Gasteiger partial charge is 0.373 e. The number of rotatable bonds is 8. The van der Waals surface area contributed by atoms with E-state index in [4.69, 9.17) is 4.74 Å². The molecule has 1 aromatic heterocycles. The number of hydrogen-bond donors (Lipinski definition) is 3. The van der Waals surface area contributed by atoms with E-state index in [2.05, 4.69) is 32.9 Å². The minimum absolute atomic E-state index is 0. The average Bonchev–Trinajstić information content (AvgIpc) is 3.01. The molecule has 2 rings (SSSR count). The van der Waals surface area contributed by atoms with E-state index >= 15 is 0 Å². The first-order chi connectivity index (χ1) is 11.2. The van der Waals surface area contributed by atoms with Crippen molar-refractivity contribution in [3.63, 3.8) is 0 Å². The summed E-state index contributed by atoms with van der Waals surface area (Å²) >= 11 is 0. The Morgan fingerprint density at radius 1 is 1.29 bits per heavy atom. The van der Waals surface area contributed by atoms with E-state index in [1.807, 2.05) is 18.2 Å². The molecule has 0 aliphatic carbocycles. The molecule has 0 spiro atoms. The number of aliphatic imine (C=N–C) groups is 1. The summed E-state index contributed by atoms with van der Waals surface area (Å²) in [6.45, 7) is 5.66. The lowest BCUT2D eigenvalue weighted by atomic mass is 10.0. The van der Waals surface area contributed by atoms with E-state index in [9.17, 15) is 0 Å². The number of nitrogens with zero attached hydrogens (tertiary/aromatic N) is 2. The summed E-state index contributed by atoms with van der Waals surface area (Å²) in [5.74, 6) is 1.78. The second kappa shape index (κ2) is 11.5. The van der Waals surface area contributed by atoms with E-state index in [1.165, 1.54) is 0 Å². The number of hydrogen-bond acceptors (Lipinski definition) is 4. The van der Waals surface area contributed by atoms with Gasteiger partial charge in [-0.25, -0.2) is 4.98 Å². The highest BCUT2D eigenvalue weighted by Gasteiger charge is 2.29. The molecule has 1 atom stereocenters. The normalized spacial score (nSPS) is 20.3. The number of ether oxygens (including phenoxy) is 1. The van der Waals surface area contributed by atoms with Crippen molar-refractivity contribution in [1.82, 2.24) is 15.6 Å². The smallest absolute Gasteiger partial charge is 0.191 e. The van der Waals surface area contributed by atoms with Gasteiger partial charge in [-0.1, -0.05) is 6.07 Å². The first kappa shape index (κ1) is 21.0. The fourth-order valence-corrected chi connectivity index (χ4v) is 2.61. The number of aromatic nitrogens is 1. The molecule has 1 unspecified atom stereocenters. The lowest BCUT2D eigenvalue weighted by Gasteiger charge is -2.24. The molecule has 7 heteroatoms. The zero-order valence-electron chi connectivity index (χ0n) is 14.7. The monoisotopic (exact) mass is 447 g/mol. The molecule has 1 aliphatic rings. The molecule has 6 nitrogen and oxygen atoms in total. The van der Waals surface area contributed by atoms with Crippen LogP contribution in [0, 0.1) is 0 Å². The van der Waals surface area contributed by atoms with Gasteiger partial charge in [0.1, 0.15) is 5.82 Å². The molecule has 1 saturated heterocycles. The Hall–Kier alpha value is -1.09. The van der Waals surface area contributed by atoms with Gasteiger partial charge < -0.3 is 20.7 Å². The molecule has 1 fully saturated rings. The Morgan fingerprint density at radius 3 is 2.79 bits per heavy atom. The minimum Gasteiger partial charge on any atom is -0.373 e. The van der Waals surface area contributed by atoms with Crippen LogP contribution in [0.5, 0.6) is 0 Å². The lowest BCUT2D eigenvalue weighted by Crippen LogP contribution is -2.45. The van der Waals surface area contributed by atoms with Crippen LogP contribution >= 0.6 is 24.0 Å². The second-order valence-electron chi connectivity index (χ2n) is 6.10. The van der Waals surface area contributed by atoms with Crippen molar-refractivity contribution in [3.8, 4) is 0 Å². The number of pyridine rings is 1. The lowest BCUT2D eigenvalue weighted by molar-refractivity contribution is 0.0243. The van der Waals surface area contributed by atoms with Gasteiger partial charge in [0.15, 0.2) is 5.96 Å². The molecule has 136 valence electrons. The molecule has 1 aromatic rings. The molecule has 0 bridgehead atoms. The third-order valence-electron chi connectivity index (χ3n) is 4.02. The van der Waals surface area contributed by atoms with Crippen LogP contribution < -0.4 is 16.0 Å². The summed E-state index contributed by atoms with van der Waals surface area (Å²) in [6.07, 6.45) is 6.22. The second-order valence-corrected chi connectivity index (χ2v) is 6.10. The summed E-state index contributed by atoms with van der Waals surface area (Å²) in [7, 11) is 1.80. The first-order valence-electron chi connectivity index (χ1n) is 8.45. The van der Waals surface area contributed by atoms with Crippen LogP contribution in [0.25, 0.3) is 0 Å². The quantitative estimate of drug-likeness (QED) is 0.248. The van der Waals surface area contributed by atoms with Crippen molar-refractivity contribution in [2.24, 2.45) is 4.99 Å². The van der Waals surface area contributed by atoms with E-state index in [1.54, 1.807) is 13.2 Å². The third-order valence-corrected chi connectivity index (χ3v) is 4.02. The van der Waals surface area contributed by atoms with Crippen LogP contribution in [-0.4, -0.2) is 49.8 Å². The molecule has 0 saturated carbocycles. The summed E-state index contributed by atoms with van der Waals surface area (Å²) in [4.78, 5) is 8.50. The van der Waals surface area contributed by atoms with Crippen molar-refractivity contribution in [2.75, 3.05) is 38.6 Å². The van der Waals surface area contributed by atoms with Gasteiger partial charge >= 0.3 is 0 Å². The fourth-order valence-electron chi connectivity index (χ4n) is 2.61. The number of halogens is 1. The Morgan fingerprint density at radius 2 is 2.12 bits per heavy atom. The minimum atomic E-state index is -0.0514. The van der Waals surface area contributed by atoms with Crippen LogP contribution in [-0.2, 0) is 4.74 Å². The molecule has 3 N–H and O–H groups in total. The van der Waals surface area contributed by atoms with Gasteiger partial charge in [-0.15, -0.1) is 24.0 Å². The van der Waals surface area contributed by atoms with Gasteiger partial charge in [0.05, 0.1) is 5.60 Å². The van der Waals surface area contributed by atoms with E-state index < -0.39 is 0 Å². The summed E-state index contributed by atoms with van der Waals surface area (Å²) in [5, 5.41) is 10.0. The van der Waals surface area contributed by atoms with Gasteiger partial charge in [-0.2, -0.15) is 0 Å². The van der Waals surface area contributed by atoms with Gasteiger partial charge in [0.25, 0.3) is 0 Å². The zero-order chi connectivity index (χ0) is 16.4. The van der Waals surface area contributed by atoms with Crippen LogP contribution in [0.15, 0.2) is 29.4 Å². The van der Waals surface area contributed by atoms with Gasteiger partial charge in [-0.3, -0.25) is 4.99 Å². The van der Waals surface area contributed by atoms with Gasteiger partial charge in [0.2, 0.25) is 0 Å². The molecule has 1 aliphatic heterocycles.